The molecule has 0 aromatic rings. The van der Waals surface area contributed by atoms with E-state index < -0.39 is 62.5 Å². The summed E-state index contributed by atoms with van der Waals surface area (Å²) in [6, 6.07) is -3.46. The number of hydrogen-bond donors (Lipinski definition) is 4. The van der Waals surface area contributed by atoms with Crippen molar-refractivity contribution >= 4 is 39.4 Å². The summed E-state index contributed by atoms with van der Waals surface area (Å²) in [6.07, 6.45) is 11.1. The monoisotopic (exact) mass is 649 g/mol. The first kappa shape index (κ1) is 33.7. The Labute approximate surface area is 266 Å². The molecule has 1 spiro atoms. The molecule has 5 aliphatic rings. The first-order chi connectivity index (χ1) is 21.0. The van der Waals surface area contributed by atoms with E-state index in [1.165, 1.54) is 0 Å². The molecule has 45 heavy (non-hydrogen) atoms. The van der Waals surface area contributed by atoms with Crippen LogP contribution in [0.2, 0.25) is 0 Å². The number of rotatable bonds is 11. The molecule has 252 valence electrons. The number of primary amides is 1. The number of amides is 5. The first-order valence-electron chi connectivity index (χ1n) is 16.7. The maximum atomic E-state index is 14.4. The van der Waals surface area contributed by atoms with E-state index in [2.05, 4.69) is 16.0 Å². The summed E-state index contributed by atoms with van der Waals surface area (Å²) in [7, 11) is -3.38. The van der Waals surface area contributed by atoms with Gasteiger partial charge >= 0.3 is 6.03 Å². The zero-order valence-corrected chi connectivity index (χ0v) is 28.0. The van der Waals surface area contributed by atoms with Crippen LogP contribution in [0.15, 0.2) is 0 Å². The Morgan fingerprint density at radius 2 is 1.53 bits per heavy atom. The number of Topliss-reactive ketones (excluding diaryl/α,β-unsaturated/α-hetero) is 1. The Balaban J connectivity index is 1.37. The van der Waals surface area contributed by atoms with Crippen LogP contribution < -0.4 is 21.7 Å². The van der Waals surface area contributed by atoms with Gasteiger partial charge in [0.05, 0.1) is 17.3 Å². The topological polar surface area (TPSA) is 185 Å². The number of nitrogens with two attached hydrogens (primary N) is 1. The Kier molecular flexibility index (Phi) is 9.09. The second kappa shape index (κ2) is 12.2. The van der Waals surface area contributed by atoms with Crippen molar-refractivity contribution in [2.45, 2.75) is 121 Å². The zero-order valence-electron chi connectivity index (χ0n) is 27.2. The number of carbonyl (C=O) groups is 5. The largest absolute Gasteiger partial charge is 0.363 e. The van der Waals surface area contributed by atoms with Gasteiger partial charge in [-0.1, -0.05) is 65.7 Å². The van der Waals surface area contributed by atoms with E-state index in [4.69, 9.17) is 5.73 Å². The third-order valence-corrected chi connectivity index (χ3v) is 12.2. The fourth-order valence-corrected chi connectivity index (χ4v) is 10.2. The van der Waals surface area contributed by atoms with Gasteiger partial charge in [0, 0.05) is 12.8 Å². The van der Waals surface area contributed by atoms with Crippen LogP contribution in [0.3, 0.4) is 0 Å². The van der Waals surface area contributed by atoms with Gasteiger partial charge in [-0.05, 0) is 60.7 Å². The van der Waals surface area contributed by atoms with E-state index in [9.17, 15) is 32.4 Å². The predicted octanol–water partition coefficient (Wildman–Crippen LogP) is 1.80. The van der Waals surface area contributed by atoms with Crippen LogP contribution in [0, 0.1) is 28.6 Å². The first-order valence-corrected chi connectivity index (χ1v) is 18.7. The van der Waals surface area contributed by atoms with Gasteiger partial charge in [-0.25, -0.2) is 13.2 Å². The van der Waals surface area contributed by atoms with Crippen molar-refractivity contribution in [1.29, 1.82) is 0 Å². The van der Waals surface area contributed by atoms with Crippen LogP contribution in [0.1, 0.15) is 97.8 Å². The minimum absolute atomic E-state index is 0.000484. The van der Waals surface area contributed by atoms with Crippen LogP contribution in [0.4, 0.5) is 4.79 Å². The van der Waals surface area contributed by atoms with Crippen molar-refractivity contribution in [3.8, 4) is 0 Å². The summed E-state index contributed by atoms with van der Waals surface area (Å²) in [6.45, 7) is 5.89. The van der Waals surface area contributed by atoms with Crippen molar-refractivity contribution in [2.24, 2.45) is 34.3 Å². The van der Waals surface area contributed by atoms with Crippen LogP contribution in [0.5, 0.6) is 0 Å². The lowest BCUT2D eigenvalue weighted by atomic mass is 9.83. The second-order valence-electron chi connectivity index (χ2n) is 15.8. The highest BCUT2D eigenvalue weighted by Crippen LogP contribution is 2.72. The summed E-state index contributed by atoms with van der Waals surface area (Å²) in [5, 5.41) is 8.63. The highest BCUT2D eigenvalue weighted by Gasteiger charge is 2.74. The number of nitrogens with one attached hydrogen (secondary N) is 3. The summed E-state index contributed by atoms with van der Waals surface area (Å²) in [5.74, 6) is -2.58. The van der Waals surface area contributed by atoms with E-state index in [1.807, 2.05) is 20.8 Å². The number of ketones is 1. The van der Waals surface area contributed by atoms with Gasteiger partial charge in [-0.15, -0.1) is 0 Å². The molecule has 0 aromatic heterocycles. The molecular weight excluding hydrogens is 598 g/mol. The number of likely N-dealkylation sites (tertiary alicyclic amines) is 1. The van der Waals surface area contributed by atoms with E-state index >= 15 is 0 Å². The minimum Gasteiger partial charge on any atom is -0.363 e. The van der Waals surface area contributed by atoms with Crippen molar-refractivity contribution in [1.82, 2.24) is 20.9 Å². The number of sulfone groups is 1. The van der Waals surface area contributed by atoms with E-state index in [-0.39, 0.29) is 34.8 Å². The van der Waals surface area contributed by atoms with Crippen LogP contribution in [-0.2, 0) is 29.0 Å². The average molecular weight is 650 g/mol. The molecule has 5 N–H and O–H groups in total. The highest BCUT2D eigenvalue weighted by atomic mass is 32.2. The van der Waals surface area contributed by atoms with E-state index in [0.29, 0.717) is 25.8 Å². The summed E-state index contributed by atoms with van der Waals surface area (Å²) in [5.41, 5.74) is 3.69. The maximum Gasteiger partial charge on any atom is 0.315 e. The molecule has 0 radical (unpaired) electrons. The number of carbonyl (C=O) groups excluding carboxylic acids is 5. The number of piperidine rings is 1. The van der Waals surface area contributed by atoms with Crippen LogP contribution >= 0.6 is 0 Å². The van der Waals surface area contributed by atoms with Gasteiger partial charge in [0.15, 0.2) is 0 Å². The molecule has 1 aliphatic heterocycles. The Morgan fingerprint density at radius 1 is 0.933 bits per heavy atom. The Morgan fingerprint density at radius 3 is 2.07 bits per heavy atom. The molecule has 12 nitrogen and oxygen atoms in total. The molecule has 4 aliphatic carbocycles. The third-order valence-electron chi connectivity index (χ3n) is 11.1. The lowest BCUT2D eigenvalue weighted by Gasteiger charge is -2.40. The molecule has 13 heteroatoms. The SMILES string of the molecule is CC(C)(C)[C@H](NC(=O)NC1(CS(C)(=O)=O)CCCCC1)C(=O)N1CC2C(C1C(=O)NC(CC1CC1)C(=O)C(N)=O)C21CCCC1. The van der Waals surface area contributed by atoms with Gasteiger partial charge in [0.2, 0.25) is 17.6 Å². The quantitative estimate of drug-likeness (QED) is 0.246. The number of hydrogen-bond acceptors (Lipinski definition) is 7. The summed E-state index contributed by atoms with van der Waals surface area (Å²) in [4.78, 5) is 68.0. The number of fused-ring (bicyclic) bond motifs is 3. The summed E-state index contributed by atoms with van der Waals surface area (Å²) < 4.78 is 24.6. The van der Waals surface area contributed by atoms with Gasteiger partial charge in [-0.2, -0.15) is 0 Å². The van der Waals surface area contributed by atoms with Gasteiger partial charge in [0.1, 0.15) is 21.9 Å². The van der Waals surface area contributed by atoms with Crippen LogP contribution in [0.25, 0.3) is 0 Å². The predicted molar refractivity (Wildman–Crippen MR) is 167 cm³/mol. The van der Waals surface area contributed by atoms with E-state index in [0.717, 1.165) is 64.0 Å². The summed E-state index contributed by atoms with van der Waals surface area (Å²) >= 11 is 0. The van der Waals surface area contributed by atoms with Gasteiger partial charge in [0.25, 0.3) is 5.91 Å². The van der Waals surface area contributed by atoms with Crippen molar-refractivity contribution in [3.05, 3.63) is 0 Å². The number of nitrogens with zero attached hydrogens (tertiary/aromatic N) is 1. The Hall–Kier alpha value is -2.70. The highest BCUT2D eigenvalue weighted by molar-refractivity contribution is 7.90. The second-order valence-corrected chi connectivity index (χ2v) is 17.9. The molecule has 0 aromatic carbocycles. The molecule has 5 fully saturated rings. The molecule has 4 unspecified atom stereocenters. The molecule has 4 saturated carbocycles. The van der Waals surface area contributed by atoms with Crippen molar-refractivity contribution in [2.75, 3.05) is 18.6 Å². The normalized spacial score (nSPS) is 28.1. The van der Waals surface area contributed by atoms with Crippen molar-refractivity contribution in [3.63, 3.8) is 0 Å². The standard InChI is InChI=1S/C32H51N5O7S/c1-30(2,3)25(35-29(42)36-31(18-45(4,43)44)12-6-5-7-13-31)28(41)37-17-20-22(32(20)14-8-9-15-32)23(37)27(40)34-21(16-19-10-11-19)24(38)26(33)39/h19-23,25H,5-18H2,1-4H3,(H2,33,39)(H,34,40)(H2,35,36,42)/t20?,21?,22?,23?,25-/m1/s1. The maximum absolute atomic E-state index is 14.4. The van der Waals surface area contributed by atoms with Crippen LogP contribution in [-0.4, -0.2) is 85.1 Å². The third kappa shape index (κ3) is 7.17. The molecule has 1 saturated heterocycles. The molecule has 5 amide bonds. The molecule has 1 heterocycles. The van der Waals surface area contributed by atoms with Gasteiger partial charge < -0.3 is 26.6 Å². The zero-order chi connectivity index (χ0) is 32.9. The van der Waals surface area contributed by atoms with Gasteiger partial charge in [-0.3, -0.25) is 19.2 Å². The van der Waals surface area contributed by atoms with Crippen molar-refractivity contribution < 1.29 is 32.4 Å². The number of urea groups is 1. The molecule has 0 bridgehead atoms. The molecule has 5 atom stereocenters. The fourth-order valence-electron chi connectivity index (χ4n) is 8.84. The van der Waals surface area contributed by atoms with E-state index in [1.54, 1.807) is 4.90 Å². The average Bonchev–Trinajstić information content (AvgIpc) is 3.70. The smallest absolute Gasteiger partial charge is 0.315 e. The Bertz CT molecular complexity index is 1330. The lowest BCUT2D eigenvalue weighted by Crippen LogP contribution is -2.63. The molecule has 5 rings (SSSR count). The fraction of sp³-hybridized carbons (Fsp3) is 0.844. The molecular formula is C32H51N5O7S. The lowest BCUT2D eigenvalue weighted by molar-refractivity contribution is -0.145. The minimum atomic E-state index is -3.38.